The topological polar surface area (TPSA) is 48.0 Å². The monoisotopic (exact) mass is 536 g/mol. The molecule has 0 aliphatic rings. The Morgan fingerprint density at radius 2 is 1.51 bits per heavy atom. The molecular weight excluding hydrogens is 500 g/mol. The van der Waals surface area contributed by atoms with E-state index in [1.54, 1.807) is 12.2 Å². The van der Waals surface area contributed by atoms with Crippen molar-refractivity contribution in [1.82, 2.24) is 4.98 Å². The molecule has 0 saturated carbocycles. The molecule has 3 N–H and O–H groups in total. The zero-order chi connectivity index (χ0) is 29.0. The summed E-state index contributed by atoms with van der Waals surface area (Å²) < 4.78 is 0. The minimum absolute atomic E-state index is 0.929. The third kappa shape index (κ3) is 7.23. The summed E-state index contributed by atoms with van der Waals surface area (Å²) in [6.07, 6.45) is 12.2. The first kappa shape index (κ1) is 28.7. The van der Waals surface area contributed by atoms with Crippen molar-refractivity contribution in [3.8, 4) is 0 Å². The highest BCUT2D eigenvalue weighted by atomic mass is 16.2. The maximum atomic E-state index is 8.39. The normalized spacial score (nSPS) is 12.0. The number of para-hydroxylation sites is 1. The first-order valence-corrected chi connectivity index (χ1v) is 13.6. The number of anilines is 1. The van der Waals surface area contributed by atoms with Gasteiger partial charge in [-0.05, 0) is 72.5 Å². The van der Waals surface area contributed by atoms with Crippen LogP contribution in [0.25, 0.3) is 33.0 Å². The maximum Gasteiger partial charge on any atom is 0.0791 e. The van der Waals surface area contributed by atoms with Gasteiger partial charge in [0.2, 0.25) is 0 Å². The number of aliphatic hydroxyl groups excluding tert-OH is 1. The van der Waals surface area contributed by atoms with Gasteiger partial charge in [0.05, 0.1) is 6.26 Å². The van der Waals surface area contributed by atoms with Crippen LogP contribution in [0.1, 0.15) is 23.6 Å². The second-order valence-corrected chi connectivity index (χ2v) is 9.49. The van der Waals surface area contributed by atoms with Crippen LogP contribution in [0.2, 0.25) is 0 Å². The van der Waals surface area contributed by atoms with E-state index in [9.17, 15) is 0 Å². The van der Waals surface area contributed by atoms with Gasteiger partial charge in [-0.15, -0.1) is 0 Å². The van der Waals surface area contributed by atoms with Crippen LogP contribution in [0.5, 0.6) is 0 Å². The van der Waals surface area contributed by atoms with Crippen LogP contribution in [0.4, 0.5) is 5.69 Å². The molecule has 3 nitrogen and oxygen atoms in total. The second kappa shape index (κ2) is 14.2. The molecule has 5 rings (SSSR count). The van der Waals surface area contributed by atoms with Gasteiger partial charge in [-0.1, -0.05) is 110 Å². The van der Waals surface area contributed by atoms with Crippen molar-refractivity contribution in [2.45, 2.75) is 13.8 Å². The molecule has 0 saturated heterocycles. The summed E-state index contributed by atoms with van der Waals surface area (Å²) in [4.78, 5) is 3.48. The van der Waals surface area contributed by atoms with Crippen LogP contribution in [-0.2, 0) is 0 Å². The van der Waals surface area contributed by atoms with Gasteiger partial charge in [0, 0.05) is 38.8 Å². The molecule has 0 aliphatic carbocycles. The van der Waals surface area contributed by atoms with E-state index in [2.05, 4.69) is 103 Å². The fourth-order valence-corrected chi connectivity index (χ4v) is 4.66. The van der Waals surface area contributed by atoms with Crippen LogP contribution in [0.15, 0.2) is 159 Å². The van der Waals surface area contributed by atoms with Gasteiger partial charge in [0.25, 0.3) is 0 Å². The zero-order valence-corrected chi connectivity index (χ0v) is 23.6. The number of nitrogens with one attached hydrogen (secondary N) is 2. The summed E-state index contributed by atoms with van der Waals surface area (Å²) in [5, 5.41) is 14.5. The number of hydrogen-bond donors (Lipinski definition) is 3. The number of hydrogen-bond acceptors (Lipinski definition) is 2. The lowest BCUT2D eigenvalue weighted by atomic mass is 9.98. The summed E-state index contributed by atoms with van der Waals surface area (Å²) >= 11 is 0. The standard InChI is InChI=1S/C26H24N2.C12H12O/c1-4-10-24(20(5-2)21-12-7-6-11-18(21)3)27-19-15-16-26-23(17-19)22-13-8-9-14-25(22)28-26;1-11(7-5-6-10-13)12-8-3-2-4-9-12/h4-17,27-28H,2H2,1,3H3;2-10,13H,1H2/b10-4-,24-20-;7-5-,10-6-. The summed E-state index contributed by atoms with van der Waals surface area (Å²) in [5.74, 6) is 0. The van der Waals surface area contributed by atoms with E-state index in [0.29, 0.717) is 0 Å². The number of aromatic nitrogens is 1. The second-order valence-electron chi connectivity index (χ2n) is 9.49. The van der Waals surface area contributed by atoms with E-state index in [4.69, 9.17) is 5.11 Å². The van der Waals surface area contributed by atoms with Gasteiger partial charge in [-0.2, -0.15) is 0 Å². The molecule has 204 valence electrons. The van der Waals surface area contributed by atoms with Gasteiger partial charge >= 0.3 is 0 Å². The third-order valence-electron chi connectivity index (χ3n) is 6.69. The summed E-state index contributed by atoms with van der Waals surface area (Å²) in [6, 6.07) is 33.1. The Morgan fingerprint density at radius 3 is 2.24 bits per heavy atom. The fraction of sp³-hybridized carbons (Fsp3) is 0.0526. The average molecular weight is 537 g/mol. The lowest BCUT2D eigenvalue weighted by Gasteiger charge is -2.15. The van der Waals surface area contributed by atoms with Crippen molar-refractivity contribution < 1.29 is 5.11 Å². The largest absolute Gasteiger partial charge is 0.516 e. The van der Waals surface area contributed by atoms with Gasteiger partial charge in [-0.25, -0.2) is 0 Å². The molecule has 4 aromatic carbocycles. The van der Waals surface area contributed by atoms with E-state index in [1.807, 2.05) is 55.5 Å². The van der Waals surface area contributed by atoms with Crippen LogP contribution in [0.3, 0.4) is 0 Å². The molecule has 0 atom stereocenters. The smallest absolute Gasteiger partial charge is 0.0791 e. The van der Waals surface area contributed by atoms with Crippen molar-refractivity contribution in [2.24, 2.45) is 0 Å². The molecule has 41 heavy (non-hydrogen) atoms. The zero-order valence-electron chi connectivity index (χ0n) is 23.6. The van der Waals surface area contributed by atoms with E-state index in [1.165, 1.54) is 21.9 Å². The molecule has 1 aromatic heterocycles. The number of H-pyrrole nitrogens is 1. The Balaban J connectivity index is 0.000000251. The van der Waals surface area contributed by atoms with Crippen LogP contribution in [0, 0.1) is 6.92 Å². The molecular formula is C38H36N2O. The number of aryl methyl sites for hydroxylation is 1. The fourth-order valence-electron chi connectivity index (χ4n) is 4.66. The third-order valence-corrected chi connectivity index (χ3v) is 6.69. The molecule has 0 spiro atoms. The van der Waals surface area contributed by atoms with Crippen molar-refractivity contribution >= 4 is 38.6 Å². The van der Waals surface area contributed by atoms with Crippen molar-refractivity contribution in [3.05, 3.63) is 175 Å². The Kier molecular flexibility index (Phi) is 9.95. The highest BCUT2D eigenvalue weighted by Gasteiger charge is 2.09. The van der Waals surface area contributed by atoms with Crippen molar-refractivity contribution in [1.29, 1.82) is 0 Å². The summed E-state index contributed by atoms with van der Waals surface area (Å²) in [7, 11) is 0. The molecule has 0 bridgehead atoms. The molecule has 0 unspecified atom stereocenters. The van der Waals surface area contributed by atoms with Crippen LogP contribution < -0.4 is 5.32 Å². The Labute approximate surface area is 242 Å². The van der Waals surface area contributed by atoms with Gasteiger partial charge in [0.1, 0.15) is 0 Å². The van der Waals surface area contributed by atoms with Crippen molar-refractivity contribution in [3.63, 3.8) is 0 Å². The number of allylic oxidation sites excluding steroid dienone is 8. The number of rotatable bonds is 8. The van der Waals surface area contributed by atoms with Gasteiger partial charge < -0.3 is 15.4 Å². The summed E-state index contributed by atoms with van der Waals surface area (Å²) in [5.41, 5.74) is 9.92. The molecule has 0 fully saturated rings. The predicted molar refractivity (Wildman–Crippen MR) is 179 cm³/mol. The lowest BCUT2D eigenvalue weighted by Crippen LogP contribution is -2.01. The number of fused-ring (bicyclic) bond motifs is 3. The maximum absolute atomic E-state index is 8.39. The van der Waals surface area contributed by atoms with E-state index in [-0.39, 0.29) is 0 Å². The molecule has 0 amide bonds. The van der Waals surface area contributed by atoms with E-state index >= 15 is 0 Å². The molecule has 1 heterocycles. The van der Waals surface area contributed by atoms with Crippen LogP contribution >= 0.6 is 0 Å². The molecule has 0 aliphatic heterocycles. The van der Waals surface area contributed by atoms with Crippen molar-refractivity contribution in [2.75, 3.05) is 5.32 Å². The lowest BCUT2D eigenvalue weighted by molar-refractivity contribution is 0.474. The van der Waals surface area contributed by atoms with Gasteiger partial charge in [-0.3, -0.25) is 0 Å². The highest BCUT2D eigenvalue weighted by molar-refractivity contribution is 6.08. The summed E-state index contributed by atoms with van der Waals surface area (Å²) in [6.45, 7) is 12.1. The predicted octanol–water partition coefficient (Wildman–Crippen LogP) is 10.5. The number of aromatic amines is 1. The highest BCUT2D eigenvalue weighted by Crippen LogP contribution is 2.30. The van der Waals surface area contributed by atoms with E-state index in [0.717, 1.165) is 45.4 Å². The molecule has 0 radical (unpaired) electrons. The Bertz CT molecular complexity index is 1760. The Morgan fingerprint density at radius 1 is 0.805 bits per heavy atom. The van der Waals surface area contributed by atoms with E-state index < -0.39 is 0 Å². The Hall–Kier alpha value is -5.28. The number of benzene rings is 4. The minimum atomic E-state index is 0.929. The first-order chi connectivity index (χ1) is 20.0. The van der Waals surface area contributed by atoms with Gasteiger partial charge in [0.15, 0.2) is 0 Å². The number of aliphatic hydroxyl groups is 1. The first-order valence-electron chi connectivity index (χ1n) is 13.6. The average Bonchev–Trinajstić information content (AvgIpc) is 3.37. The van der Waals surface area contributed by atoms with Crippen LogP contribution in [-0.4, -0.2) is 10.1 Å². The SMILES string of the molecule is C=C(/C=C\C=C/O)c1ccccc1.C=C/C(=C(\C=C/C)Nc1ccc2[nH]c3ccccc3c2c1)c1ccccc1C. The quantitative estimate of drug-likeness (QED) is 0.136. The minimum Gasteiger partial charge on any atom is -0.516 e. The molecule has 3 heteroatoms. The molecule has 5 aromatic rings.